The predicted octanol–water partition coefficient (Wildman–Crippen LogP) is 1.76. The van der Waals surface area contributed by atoms with Gasteiger partial charge in [-0.25, -0.2) is 4.79 Å². The SMILES string of the molecule is COc1cccc2c1OCC(NC(=O)NC1CCN(c3cccnn3)CC1)C2. The summed E-state index contributed by atoms with van der Waals surface area (Å²) in [4.78, 5) is 14.6. The summed E-state index contributed by atoms with van der Waals surface area (Å²) < 4.78 is 11.2. The highest BCUT2D eigenvalue weighted by atomic mass is 16.5. The van der Waals surface area contributed by atoms with Crippen LogP contribution in [0.2, 0.25) is 0 Å². The molecule has 1 fully saturated rings. The summed E-state index contributed by atoms with van der Waals surface area (Å²) in [5.41, 5.74) is 1.05. The van der Waals surface area contributed by atoms with Crippen LogP contribution in [0.3, 0.4) is 0 Å². The molecule has 4 rings (SSSR count). The normalized spacial score (nSPS) is 19.3. The van der Waals surface area contributed by atoms with Crippen LogP contribution in [-0.2, 0) is 6.42 Å². The van der Waals surface area contributed by atoms with Crippen molar-refractivity contribution in [1.82, 2.24) is 20.8 Å². The molecule has 2 aromatic rings. The highest BCUT2D eigenvalue weighted by Crippen LogP contribution is 2.34. The first kappa shape index (κ1) is 18.3. The number of hydrogen-bond acceptors (Lipinski definition) is 6. The molecule has 2 amide bonds. The lowest BCUT2D eigenvalue weighted by Gasteiger charge is -2.33. The number of anilines is 1. The number of benzene rings is 1. The van der Waals surface area contributed by atoms with E-state index in [9.17, 15) is 4.79 Å². The Bertz CT molecular complexity index is 809. The Balaban J connectivity index is 1.25. The van der Waals surface area contributed by atoms with Crippen LogP contribution < -0.4 is 25.0 Å². The van der Waals surface area contributed by atoms with Crippen LogP contribution in [0, 0.1) is 0 Å². The zero-order valence-electron chi connectivity index (χ0n) is 15.9. The molecular weight excluding hydrogens is 358 g/mol. The number of hydrogen-bond donors (Lipinski definition) is 2. The van der Waals surface area contributed by atoms with Crippen molar-refractivity contribution in [2.45, 2.75) is 31.3 Å². The number of urea groups is 1. The largest absolute Gasteiger partial charge is 0.493 e. The topological polar surface area (TPSA) is 88.6 Å². The molecule has 0 spiro atoms. The molecule has 3 heterocycles. The second-order valence-electron chi connectivity index (χ2n) is 7.12. The lowest BCUT2D eigenvalue weighted by atomic mass is 10.0. The maximum absolute atomic E-state index is 12.4. The molecule has 1 saturated heterocycles. The van der Waals surface area contributed by atoms with Crippen LogP contribution in [-0.4, -0.2) is 55.1 Å². The van der Waals surface area contributed by atoms with Gasteiger partial charge in [-0.1, -0.05) is 12.1 Å². The Labute approximate surface area is 164 Å². The van der Waals surface area contributed by atoms with E-state index < -0.39 is 0 Å². The Kier molecular flexibility index (Phi) is 5.45. The fraction of sp³-hybridized carbons (Fsp3) is 0.450. The van der Waals surface area contributed by atoms with Crippen molar-refractivity contribution in [3.8, 4) is 11.5 Å². The molecule has 8 nitrogen and oxygen atoms in total. The van der Waals surface area contributed by atoms with Crippen LogP contribution in [0.1, 0.15) is 18.4 Å². The zero-order chi connectivity index (χ0) is 19.3. The average Bonchev–Trinajstić information content (AvgIpc) is 2.74. The van der Waals surface area contributed by atoms with Crippen LogP contribution >= 0.6 is 0 Å². The number of aromatic nitrogens is 2. The number of nitrogens with zero attached hydrogens (tertiary/aromatic N) is 3. The summed E-state index contributed by atoms with van der Waals surface area (Å²) in [5, 5.41) is 14.2. The van der Waals surface area contributed by atoms with E-state index in [0.29, 0.717) is 6.61 Å². The molecular formula is C20H25N5O3. The lowest BCUT2D eigenvalue weighted by Crippen LogP contribution is -2.52. The quantitative estimate of drug-likeness (QED) is 0.836. The van der Waals surface area contributed by atoms with Crippen molar-refractivity contribution < 1.29 is 14.3 Å². The number of carbonyl (C=O) groups excluding carboxylic acids is 1. The Morgan fingerprint density at radius 1 is 1.18 bits per heavy atom. The molecule has 0 radical (unpaired) electrons. The van der Waals surface area contributed by atoms with E-state index in [1.54, 1.807) is 13.3 Å². The summed E-state index contributed by atoms with van der Waals surface area (Å²) in [6.07, 6.45) is 4.16. The summed E-state index contributed by atoms with van der Waals surface area (Å²) in [7, 11) is 1.63. The van der Waals surface area contributed by atoms with Gasteiger partial charge in [0, 0.05) is 30.9 Å². The number of amides is 2. The third kappa shape index (κ3) is 4.11. The zero-order valence-corrected chi connectivity index (χ0v) is 15.9. The van der Waals surface area contributed by atoms with Crippen LogP contribution in [0.15, 0.2) is 36.5 Å². The molecule has 1 unspecified atom stereocenters. The summed E-state index contributed by atoms with van der Waals surface area (Å²) in [6, 6.07) is 9.64. The average molecular weight is 383 g/mol. The number of nitrogens with one attached hydrogen (secondary N) is 2. The van der Waals surface area contributed by atoms with Crippen LogP contribution in [0.4, 0.5) is 10.6 Å². The Hall–Kier alpha value is -3.03. The van der Waals surface area contributed by atoms with Crippen molar-refractivity contribution in [3.05, 3.63) is 42.1 Å². The number of rotatable bonds is 4. The molecule has 2 aliphatic heterocycles. The first-order valence-electron chi connectivity index (χ1n) is 9.61. The molecule has 0 aliphatic carbocycles. The van der Waals surface area contributed by atoms with Gasteiger partial charge >= 0.3 is 6.03 Å². The first-order valence-corrected chi connectivity index (χ1v) is 9.61. The van der Waals surface area contributed by atoms with Crippen molar-refractivity contribution >= 4 is 11.8 Å². The lowest BCUT2D eigenvalue weighted by molar-refractivity contribution is 0.206. The Morgan fingerprint density at radius 2 is 2.00 bits per heavy atom. The third-order valence-electron chi connectivity index (χ3n) is 5.22. The smallest absolute Gasteiger partial charge is 0.315 e. The number of para-hydroxylation sites is 1. The summed E-state index contributed by atoms with van der Waals surface area (Å²) in [6.45, 7) is 2.14. The van der Waals surface area contributed by atoms with Crippen LogP contribution in [0.5, 0.6) is 11.5 Å². The minimum Gasteiger partial charge on any atom is -0.493 e. The van der Waals surface area contributed by atoms with Crippen molar-refractivity contribution in [1.29, 1.82) is 0 Å². The van der Waals surface area contributed by atoms with Gasteiger partial charge in [0.1, 0.15) is 6.61 Å². The van der Waals surface area contributed by atoms with Crippen LogP contribution in [0.25, 0.3) is 0 Å². The predicted molar refractivity (Wildman–Crippen MR) is 105 cm³/mol. The number of fused-ring (bicyclic) bond motifs is 1. The molecule has 8 heteroatoms. The second kappa shape index (κ2) is 8.33. The number of piperidine rings is 1. The fourth-order valence-electron chi connectivity index (χ4n) is 3.78. The second-order valence-corrected chi connectivity index (χ2v) is 7.12. The maximum Gasteiger partial charge on any atom is 0.315 e. The van der Waals surface area contributed by atoms with Gasteiger partial charge in [0.25, 0.3) is 0 Å². The summed E-state index contributed by atoms with van der Waals surface area (Å²) >= 11 is 0. The molecule has 1 atom stereocenters. The van der Waals surface area contributed by atoms with Crippen molar-refractivity contribution in [3.63, 3.8) is 0 Å². The van der Waals surface area contributed by atoms with Crippen molar-refractivity contribution in [2.24, 2.45) is 0 Å². The molecule has 148 valence electrons. The minimum atomic E-state index is -0.141. The third-order valence-corrected chi connectivity index (χ3v) is 5.22. The van der Waals surface area contributed by atoms with Gasteiger partial charge in [-0.15, -0.1) is 5.10 Å². The fourth-order valence-corrected chi connectivity index (χ4v) is 3.78. The molecule has 1 aromatic carbocycles. The van der Waals surface area contributed by atoms with E-state index in [2.05, 4.69) is 25.7 Å². The highest BCUT2D eigenvalue weighted by molar-refractivity contribution is 5.74. The number of ether oxygens (including phenoxy) is 2. The van der Waals surface area contributed by atoms with Gasteiger partial charge in [0.05, 0.1) is 13.2 Å². The van der Waals surface area contributed by atoms with E-state index in [-0.39, 0.29) is 18.1 Å². The van der Waals surface area contributed by atoms with Gasteiger partial charge in [-0.05, 0) is 37.5 Å². The van der Waals surface area contributed by atoms with Gasteiger partial charge in [0.2, 0.25) is 0 Å². The van der Waals surface area contributed by atoms with Gasteiger partial charge in [-0.2, -0.15) is 5.10 Å². The monoisotopic (exact) mass is 383 g/mol. The molecule has 2 aliphatic rings. The molecule has 1 aromatic heterocycles. The van der Waals surface area contributed by atoms with E-state index in [0.717, 1.165) is 55.2 Å². The Morgan fingerprint density at radius 3 is 2.75 bits per heavy atom. The molecule has 0 saturated carbocycles. The summed E-state index contributed by atoms with van der Waals surface area (Å²) in [5.74, 6) is 2.40. The first-order chi connectivity index (χ1) is 13.7. The minimum absolute atomic E-state index is 0.0562. The van der Waals surface area contributed by atoms with Gasteiger partial charge in [-0.3, -0.25) is 0 Å². The van der Waals surface area contributed by atoms with Gasteiger partial charge < -0.3 is 25.0 Å². The highest BCUT2D eigenvalue weighted by Gasteiger charge is 2.26. The standard InChI is InChI=1S/C20H25N5O3/c1-27-17-5-2-4-14-12-16(13-28-19(14)17)23-20(26)22-15-7-10-25(11-8-15)18-6-3-9-21-24-18/h2-6,9,15-16H,7-8,10-13H2,1H3,(H2,22,23,26). The molecule has 28 heavy (non-hydrogen) atoms. The van der Waals surface area contributed by atoms with E-state index in [1.165, 1.54) is 0 Å². The number of carbonyl (C=O) groups is 1. The maximum atomic E-state index is 12.4. The molecule has 2 N–H and O–H groups in total. The number of methoxy groups -OCH3 is 1. The van der Waals surface area contributed by atoms with E-state index >= 15 is 0 Å². The molecule has 0 bridgehead atoms. The van der Waals surface area contributed by atoms with Gasteiger partial charge in [0.15, 0.2) is 17.3 Å². The van der Waals surface area contributed by atoms with Crippen molar-refractivity contribution in [2.75, 3.05) is 31.7 Å². The van der Waals surface area contributed by atoms with E-state index in [4.69, 9.17) is 9.47 Å². The van der Waals surface area contributed by atoms with E-state index in [1.807, 2.05) is 30.3 Å².